The summed E-state index contributed by atoms with van der Waals surface area (Å²) in [6.45, 7) is 3.31. The molecule has 1 atom stereocenters. The lowest BCUT2D eigenvalue weighted by Crippen LogP contribution is -2.50. The van der Waals surface area contributed by atoms with Crippen molar-refractivity contribution in [2.75, 3.05) is 0 Å². The van der Waals surface area contributed by atoms with Gasteiger partial charge in [-0.3, -0.25) is 4.98 Å². The molecule has 0 saturated carbocycles. The Labute approximate surface area is 119 Å². The highest BCUT2D eigenvalue weighted by Crippen LogP contribution is 2.38. The van der Waals surface area contributed by atoms with Gasteiger partial charge in [-0.15, -0.1) is 0 Å². The fraction of sp³-hybridized carbons (Fsp3) is 0.273. The highest BCUT2D eigenvalue weighted by Gasteiger charge is 2.44. The van der Waals surface area contributed by atoms with E-state index < -0.39 is 11.5 Å². The molecule has 2 heterocycles. The minimum absolute atomic E-state index is 0.0128. The number of hydrogen-bond acceptors (Lipinski definition) is 4. The lowest BCUT2D eigenvalue weighted by Gasteiger charge is -2.34. The van der Waals surface area contributed by atoms with Crippen LogP contribution in [0.4, 0.5) is 0 Å². The van der Waals surface area contributed by atoms with Gasteiger partial charge in [0.2, 0.25) is 5.22 Å². The Balaban J connectivity index is 2.59. The Morgan fingerprint density at radius 3 is 2.39 bits per heavy atom. The molecule has 0 fully saturated rings. The summed E-state index contributed by atoms with van der Waals surface area (Å²) >= 11 is 17.9. The monoisotopic (exact) mass is 306 g/mol. The van der Waals surface area contributed by atoms with E-state index in [9.17, 15) is 4.79 Å². The summed E-state index contributed by atoms with van der Waals surface area (Å²) in [7, 11) is 0. The van der Waals surface area contributed by atoms with E-state index >= 15 is 0 Å². The Morgan fingerprint density at radius 2 is 1.83 bits per heavy atom. The summed E-state index contributed by atoms with van der Waals surface area (Å²) < 4.78 is 4.98. The molecule has 1 aliphatic rings. The zero-order valence-corrected chi connectivity index (χ0v) is 11.8. The number of cyclic esters (lactones) is 1. The molecule has 18 heavy (non-hydrogen) atoms. The topological polar surface area (TPSA) is 51.2 Å². The van der Waals surface area contributed by atoms with E-state index in [2.05, 4.69) is 10.3 Å². The largest absolute Gasteiger partial charge is 0.410 e. The molecule has 2 rings (SSSR count). The van der Waals surface area contributed by atoms with Crippen molar-refractivity contribution >= 4 is 40.8 Å². The van der Waals surface area contributed by atoms with Crippen LogP contribution in [0.2, 0.25) is 10.0 Å². The van der Waals surface area contributed by atoms with Gasteiger partial charge in [0.1, 0.15) is 0 Å². The Kier molecular flexibility index (Phi) is 3.45. The Morgan fingerprint density at radius 1 is 1.28 bits per heavy atom. The second kappa shape index (κ2) is 4.61. The summed E-state index contributed by atoms with van der Waals surface area (Å²) in [6, 6.07) is 0. The zero-order chi connectivity index (χ0) is 13.5. The molecule has 0 spiro atoms. The van der Waals surface area contributed by atoms with E-state index in [0.29, 0.717) is 11.3 Å². The first-order chi connectivity index (χ1) is 8.36. The molecule has 4 nitrogen and oxygen atoms in total. The number of pyridine rings is 1. The third kappa shape index (κ3) is 2.05. The summed E-state index contributed by atoms with van der Waals surface area (Å²) in [4.78, 5) is 15.9. The summed E-state index contributed by atoms with van der Waals surface area (Å²) in [6.07, 6.45) is 2.83. The number of esters is 1. The van der Waals surface area contributed by atoms with Crippen molar-refractivity contribution in [3.8, 4) is 0 Å². The highest BCUT2D eigenvalue weighted by molar-refractivity contribution is 6.36. The normalized spacial score (nSPS) is 23.7. The fourth-order valence-corrected chi connectivity index (χ4v) is 2.65. The van der Waals surface area contributed by atoms with Gasteiger partial charge in [0.15, 0.2) is 5.54 Å². The molecule has 96 valence electrons. The SMILES string of the molecule is CC1=C(Cl)OC(=O)C(C)(c2c(Cl)cncc2Cl)N1. The van der Waals surface area contributed by atoms with Crippen LogP contribution in [-0.2, 0) is 15.1 Å². The third-order valence-corrected chi connectivity index (χ3v) is 3.61. The van der Waals surface area contributed by atoms with Gasteiger partial charge in [0, 0.05) is 18.0 Å². The van der Waals surface area contributed by atoms with E-state index in [-0.39, 0.29) is 15.3 Å². The quantitative estimate of drug-likeness (QED) is 0.810. The summed E-state index contributed by atoms with van der Waals surface area (Å²) in [5.74, 6) is -0.576. The molecule has 0 amide bonds. The van der Waals surface area contributed by atoms with Crippen LogP contribution in [0.5, 0.6) is 0 Å². The van der Waals surface area contributed by atoms with E-state index in [4.69, 9.17) is 39.5 Å². The smallest absolute Gasteiger partial charge is 0.342 e. The molecule has 1 aliphatic heterocycles. The molecule has 0 radical (unpaired) electrons. The van der Waals surface area contributed by atoms with E-state index in [1.165, 1.54) is 12.4 Å². The Hall–Kier alpha value is -0.970. The maximum Gasteiger partial charge on any atom is 0.342 e. The number of carbonyl (C=O) groups is 1. The van der Waals surface area contributed by atoms with Gasteiger partial charge in [-0.25, -0.2) is 4.79 Å². The van der Waals surface area contributed by atoms with E-state index in [1.807, 2.05) is 0 Å². The van der Waals surface area contributed by atoms with Crippen LogP contribution >= 0.6 is 34.8 Å². The van der Waals surface area contributed by atoms with Crippen LogP contribution in [0.1, 0.15) is 19.4 Å². The second-order valence-electron chi connectivity index (χ2n) is 4.02. The van der Waals surface area contributed by atoms with Crippen LogP contribution in [0.25, 0.3) is 0 Å². The lowest BCUT2D eigenvalue weighted by molar-refractivity contribution is -0.147. The number of rotatable bonds is 1. The standard InChI is InChI=1S/C11H9Cl3N2O2/c1-5-9(14)18-10(17)11(2,16-5)8-6(12)3-15-4-7(8)13/h3-4,16H,1-2H3. The van der Waals surface area contributed by atoms with Gasteiger partial charge in [-0.05, 0) is 25.4 Å². The van der Waals surface area contributed by atoms with Gasteiger partial charge in [0.25, 0.3) is 0 Å². The predicted octanol–water partition coefficient (Wildman–Crippen LogP) is 3.18. The average Bonchev–Trinajstić information content (AvgIpc) is 2.26. The molecule has 0 aromatic carbocycles. The molecular weight excluding hydrogens is 298 g/mol. The molecule has 7 heteroatoms. The maximum absolute atomic E-state index is 12.0. The lowest BCUT2D eigenvalue weighted by atomic mass is 9.91. The van der Waals surface area contributed by atoms with Crippen LogP contribution in [0, 0.1) is 0 Å². The maximum atomic E-state index is 12.0. The van der Waals surface area contributed by atoms with Crippen molar-refractivity contribution in [1.82, 2.24) is 10.3 Å². The minimum Gasteiger partial charge on any atom is -0.410 e. The van der Waals surface area contributed by atoms with Crippen LogP contribution in [-0.4, -0.2) is 11.0 Å². The van der Waals surface area contributed by atoms with Gasteiger partial charge in [-0.1, -0.05) is 23.2 Å². The molecular formula is C11H9Cl3N2O2. The number of nitrogens with one attached hydrogen (secondary N) is 1. The first kappa shape index (κ1) is 13.5. The number of hydrogen-bond donors (Lipinski definition) is 1. The molecule has 0 saturated heterocycles. The third-order valence-electron chi connectivity index (χ3n) is 2.68. The first-order valence-corrected chi connectivity index (χ1v) is 6.16. The van der Waals surface area contributed by atoms with Gasteiger partial charge in [-0.2, -0.15) is 0 Å². The van der Waals surface area contributed by atoms with Gasteiger partial charge < -0.3 is 10.1 Å². The number of aromatic nitrogens is 1. The highest BCUT2D eigenvalue weighted by atomic mass is 35.5. The van der Waals surface area contributed by atoms with Crippen molar-refractivity contribution in [3.05, 3.63) is 38.9 Å². The van der Waals surface area contributed by atoms with Crippen molar-refractivity contribution in [1.29, 1.82) is 0 Å². The number of allylic oxidation sites excluding steroid dienone is 1. The van der Waals surface area contributed by atoms with E-state index in [0.717, 1.165) is 0 Å². The molecule has 0 bridgehead atoms. The number of halogens is 3. The fourth-order valence-electron chi connectivity index (χ4n) is 1.79. The number of carbonyl (C=O) groups excluding carboxylic acids is 1. The van der Waals surface area contributed by atoms with Gasteiger partial charge >= 0.3 is 5.97 Å². The zero-order valence-electron chi connectivity index (χ0n) is 9.55. The van der Waals surface area contributed by atoms with Crippen molar-refractivity contribution in [2.45, 2.75) is 19.4 Å². The molecule has 1 aromatic heterocycles. The van der Waals surface area contributed by atoms with Crippen LogP contribution < -0.4 is 5.32 Å². The Bertz CT molecular complexity index is 539. The average molecular weight is 308 g/mol. The van der Waals surface area contributed by atoms with Crippen molar-refractivity contribution in [3.63, 3.8) is 0 Å². The minimum atomic E-state index is -1.19. The predicted molar refractivity (Wildman–Crippen MR) is 69.4 cm³/mol. The first-order valence-electron chi connectivity index (χ1n) is 5.02. The molecule has 0 aliphatic carbocycles. The van der Waals surface area contributed by atoms with Crippen molar-refractivity contribution < 1.29 is 9.53 Å². The molecule has 1 aromatic rings. The van der Waals surface area contributed by atoms with Gasteiger partial charge in [0.05, 0.1) is 15.7 Å². The molecule has 1 N–H and O–H groups in total. The summed E-state index contributed by atoms with van der Waals surface area (Å²) in [5.41, 5.74) is -0.253. The van der Waals surface area contributed by atoms with Crippen LogP contribution in [0.15, 0.2) is 23.3 Å². The van der Waals surface area contributed by atoms with E-state index in [1.54, 1.807) is 13.8 Å². The van der Waals surface area contributed by atoms with Crippen LogP contribution in [0.3, 0.4) is 0 Å². The number of ether oxygens (including phenoxy) is 1. The second-order valence-corrected chi connectivity index (χ2v) is 5.17. The number of nitrogens with zero attached hydrogens (tertiary/aromatic N) is 1. The molecule has 1 unspecified atom stereocenters. The van der Waals surface area contributed by atoms with Crippen molar-refractivity contribution in [2.24, 2.45) is 0 Å². The summed E-state index contributed by atoms with van der Waals surface area (Å²) in [5, 5.41) is 3.54.